The lowest BCUT2D eigenvalue weighted by Crippen LogP contribution is -2.32. The Kier molecular flexibility index (Phi) is 5.74. The average Bonchev–Trinajstić information content (AvgIpc) is 3.39. The first-order valence-electron chi connectivity index (χ1n) is 9.40. The number of anilines is 1. The molecule has 1 atom stereocenters. The maximum atomic E-state index is 12.7. The van der Waals surface area contributed by atoms with Crippen LogP contribution in [0.25, 0.3) is 0 Å². The molecule has 1 fully saturated rings. The van der Waals surface area contributed by atoms with E-state index in [0.717, 1.165) is 43.9 Å². The highest BCUT2D eigenvalue weighted by Crippen LogP contribution is 2.41. The summed E-state index contributed by atoms with van der Waals surface area (Å²) < 4.78 is 31.0. The third-order valence-electron chi connectivity index (χ3n) is 4.92. The first-order chi connectivity index (χ1) is 12.8. The second-order valence-corrected chi connectivity index (χ2v) is 9.20. The van der Waals surface area contributed by atoms with Gasteiger partial charge in [0.15, 0.2) is 0 Å². The Morgan fingerprint density at radius 3 is 2.70 bits per heavy atom. The van der Waals surface area contributed by atoms with E-state index in [1.807, 2.05) is 10.8 Å². The molecule has 0 aromatic heterocycles. The van der Waals surface area contributed by atoms with E-state index in [0.29, 0.717) is 30.4 Å². The molecule has 1 aliphatic heterocycles. The largest absolute Gasteiger partial charge is 0.492 e. The van der Waals surface area contributed by atoms with Crippen molar-refractivity contribution in [2.45, 2.75) is 51.4 Å². The van der Waals surface area contributed by atoms with Crippen LogP contribution in [0.4, 0.5) is 5.69 Å². The molecule has 0 saturated heterocycles. The number of nitrogens with one attached hydrogen (secondary N) is 2. The standard InChI is InChI=1S/C19H26N2O5S/c1-3-4-5-13-10-16(22)20-18-14(13)8-9-15(26-11-12-6-7-12)17(18)19(23)21-27(2,24)25/h8-9,12-13H,3-7,10-11H2,1-2H3,(H,20,22)(H,21,23). The van der Waals surface area contributed by atoms with Gasteiger partial charge in [0.05, 0.1) is 18.6 Å². The minimum absolute atomic E-state index is 0.0102. The number of amides is 2. The highest BCUT2D eigenvalue weighted by molar-refractivity contribution is 7.89. The minimum Gasteiger partial charge on any atom is -0.492 e. The van der Waals surface area contributed by atoms with Crippen LogP contribution in [0, 0.1) is 5.92 Å². The second-order valence-electron chi connectivity index (χ2n) is 7.45. The average molecular weight is 394 g/mol. The molecule has 27 heavy (non-hydrogen) atoms. The minimum atomic E-state index is -3.74. The van der Waals surface area contributed by atoms with Crippen LogP contribution in [0.5, 0.6) is 5.75 Å². The van der Waals surface area contributed by atoms with Gasteiger partial charge in [0, 0.05) is 6.42 Å². The van der Waals surface area contributed by atoms with Gasteiger partial charge in [0.1, 0.15) is 11.3 Å². The van der Waals surface area contributed by atoms with E-state index in [1.54, 1.807) is 6.07 Å². The van der Waals surface area contributed by atoms with Gasteiger partial charge in [-0.25, -0.2) is 13.1 Å². The van der Waals surface area contributed by atoms with Crippen molar-refractivity contribution in [3.63, 3.8) is 0 Å². The highest BCUT2D eigenvalue weighted by Gasteiger charge is 2.32. The van der Waals surface area contributed by atoms with Crippen molar-refractivity contribution in [3.05, 3.63) is 23.3 Å². The van der Waals surface area contributed by atoms with Gasteiger partial charge in [-0.1, -0.05) is 25.8 Å². The van der Waals surface area contributed by atoms with Crippen molar-refractivity contribution in [3.8, 4) is 5.75 Å². The quantitative estimate of drug-likeness (QED) is 0.706. The molecule has 2 N–H and O–H groups in total. The molecule has 1 aliphatic carbocycles. The van der Waals surface area contributed by atoms with E-state index in [-0.39, 0.29) is 17.4 Å². The van der Waals surface area contributed by atoms with E-state index in [4.69, 9.17) is 4.74 Å². The van der Waals surface area contributed by atoms with E-state index >= 15 is 0 Å². The lowest BCUT2D eigenvalue weighted by atomic mass is 9.85. The predicted octanol–water partition coefficient (Wildman–Crippen LogP) is 2.78. The van der Waals surface area contributed by atoms with Gasteiger partial charge in [-0.3, -0.25) is 9.59 Å². The number of hydrogen-bond donors (Lipinski definition) is 2. The lowest BCUT2D eigenvalue weighted by molar-refractivity contribution is -0.116. The normalized spacial score (nSPS) is 19.2. The first kappa shape index (κ1) is 19.7. The van der Waals surface area contributed by atoms with Crippen LogP contribution in [-0.2, 0) is 14.8 Å². The number of hydrogen-bond acceptors (Lipinski definition) is 5. The van der Waals surface area contributed by atoms with Gasteiger partial charge in [0.25, 0.3) is 5.91 Å². The molecule has 148 valence electrons. The lowest BCUT2D eigenvalue weighted by Gasteiger charge is -2.28. The number of carbonyl (C=O) groups is 2. The summed E-state index contributed by atoms with van der Waals surface area (Å²) >= 11 is 0. The van der Waals surface area contributed by atoms with Crippen molar-refractivity contribution in [1.29, 1.82) is 0 Å². The van der Waals surface area contributed by atoms with Crippen molar-refractivity contribution in [2.75, 3.05) is 18.2 Å². The molecule has 0 spiro atoms. The SMILES string of the molecule is CCCCC1CC(=O)Nc2c1ccc(OCC1CC1)c2C(=O)NS(C)(=O)=O. The van der Waals surface area contributed by atoms with Gasteiger partial charge in [-0.15, -0.1) is 0 Å². The Labute approximate surface area is 159 Å². The molecule has 7 nitrogen and oxygen atoms in total. The van der Waals surface area contributed by atoms with Gasteiger partial charge < -0.3 is 10.1 Å². The van der Waals surface area contributed by atoms with Crippen LogP contribution in [-0.4, -0.2) is 33.1 Å². The zero-order valence-corrected chi connectivity index (χ0v) is 16.5. The van der Waals surface area contributed by atoms with Crippen LogP contribution in [0.3, 0.4) is 0 Å². The van der Waals surface area contributed by atoms with Crippen LogP contribution < -0.4 is 14.8 Å². The number of rotatable bonds is 8. The van der Waals surface area contributed by atoms with Gasteiger partial charge in [-0.2, -0.15) is 0 Å². The van der Waals surface area contributed by atoms with Gasteiger partial charge in [-0.05, 0) is 42.7 Å². The molecular formula is C19H26N2O5S. The summed E-state index contributed by atoms with van der Waals surface area (Å²) in [7, 11) is -3.74. The van der Waals surface area contributed by atoms with E-state index < -0.39 is 15.9 Å². The van der Waals surface area contributed by atoms with Crippen molar-refractivity contribution in [2.24, 2.45) is 5.92 Å². The topological polar surface area (TPSA) is 102 Å². The summed E-state index contributed by atoms with van der Waals surface area (Å²) in [4.78, 5) is 25.0. The van der Waals surface area contributed by atoms with Crippen molar-refractivity contribution < 1.29 is 22.7 Å². The Bertz CT molecular complexity index is 846. The molecule has 1 aromatic carbocycles. The second kappa shape index (κ2) is 7.88. The van der Waals surface area contributed by atoms with Crippen LogP contribution in [0.2, 0.25) is 0 Å². The number of sulfonamides is 1. The summed E-state index contributed by atoms with van der Waals surface area (Å²) in [6.07, 6.45) is 6.29. The highest BCUT2D eigenvalue weighted by atomic mass is 32.2. The summed E-state index contributed by atoms with van der Waals surface area (Å²) in [6.45, 7) is 2.56. The zero-order chi connectivity index (χ0) is 19.6. The molecule has 2 amide bonds. The third-order valence-corrected chi connectivity index (χ3v) is 5.47. The fourth-order valence-electron chi connectivity index (χ4n) is 3.36. The predicted molar refractivity (Wildman–Crippen MR) is 102 cm³/mol. The number of carbonyl (C=O) groups excluding carboxylic acids is 2. The molecule has 3 rings (SSSR count). The molecule has 0 bridgehead atoms. The number of fused-ring (bicyclic) bond motifs is 1. The molecule has 1 heterocycles. The molecule has 1 unspecified atom stereocenters. The Balaban J connectivity index is 2.01. The van der Waals surface area contributed by atoms with Crippen molar-refractivity contribution in [1.82, 2.24) is 4.72 Å². The molecule has 1 aromatic rings. The monoisotopic (exact) mass is 394 g/mol. The molecule has 2 aliphatic rings. The smallest absolute Gasteiger partial charge is 0.270 e. The summed E-state index contributed by atoms with van der Waals surface area (Å²) in [5, 5.41) is 2.77. The Morgan fingerprint density at radius 2 is 2.07 bits per heavy atom. The maximum absolute atomic E-state index is 12.7. The van der Waals surface area contributed by atoms with Crippen LogP contribution in [0.15, 0.2) is 12.1 Å². The molecule has 0 radical (unpaired) electrons. The van der Waals surface area contributed by atoms with Crippen molar-refractivity contribution >= 4 is 27.5 Å². The van der Waals surface area contributed by atoms with E-state index in [9.17, 15) is 18.0 Å². The summed E-state index contributed by atoms with van der Waals surface area (Å²) in [6, 6.07) is 3.60. The zero-order valence-electron chi connectivity index (χ0n) is 15.7. The summed E-state index contributed by atoms with van der Waals surface area (Å²) in [5.74, 6) is -0.166. The van der Waals surface area contributed by atoms with E-state index in [1.165, 1.54) is 0 Å². The number of benzene rings is 1. The fourth-order valence-corrected chi connectivity index (χ4v) is 3.80. The molecular weight excluding hydrogens is 368 g/mol. The first-order valence-corrected chi connectivity index (χ1v) is 11.3. The van der Waals surface area contributed by atoms with Crippen LogP contribution >= 0.6 is 0 Å². The van der Waals surface area contributed by atoms with E-state index in [2.05, 4.69) is 12.2 Å². The maximum Gasteiger partial charge on any atom is 0.270 e. The molecule has 1 saturated carbocycles. The number of ether oxygens (including phenoxy) is 1. The van der Waals surface area contributed by atoms with Gasteiger partial charge in [0.2, 0.25) is 15.9 Å². The summed E-state index contributed by atoms with van der Waals surface area (Å²) in [5.41, 5.74) is 1.33. The Morgan fingerprint density at radius 1 is 1.33 bits per heavy atom. The Hall–Kier alpha value is -2.09. The number of unbranched alkanes of at least 4 members (excludes halogenated alkanes) is 1. The third kappa shape index (κ3) is 5.00. The van der Waals surface area contributed by atoms with Crippen LogP contribution in [0.1, 0.15) is 67.3 Å². The molecule has 8 heteroatoms. The fraction of sp³-hybridized carbons (Fsp3) is 0.579. The van der Waals surface area contributed by atoms with Gasteiger partial charge >= 0.3 is 0 Å².